The van der Waals surface area contributed by atoms with Gasteiger partial charge in [0.2, 0.25) is 0 Å². The Morgan fingerprint density at radius 1 is 1.29 bits per heavy atom. The fourth-order valence-electron chi connectivity index (χ4n) is 0.516. The van der Waals surface area contributed by atoms with E-state index >= 15 is 0 Å². The Morgan fingerprint density at radius 2 is 2.29 bits per heavy atom. The maximum atomic E-state index is 5.02. The fourth-order valence-corrected chi connectivity index (χ4v) is 0.516. The van der Waals surface area contributed by atoms with E-state index in [4.69, 9.17) is 4.74 Å². The Labute approximate surface area is 43.0 Å². The fraction of sp³-hybridized carbons (Fsp3) is 1.00. The van der Waals surface area contributed by atoms with Crippen molar-refractivity contribution in [3.8, 4) is 0 Å². The molecule has 0 bridgehead atoms. The van der Waals surface area contributed by atoms with Gasteiger partial charge < -0.3 is 10.1 Å². The van der Waals surface area contributed by atoms with Crippen molar-refractivity contribution in [2.75, 3.05) is 26.6 Å². The van der Waals surface area contributed by atoms with Crippen LogP contribution >= 0.6 is 0 Å². The Bertz CT molecular complexity index is 29.3. The van der Waals surface area contributed by atoms with E-state index in [1.165, 1.54) is 0 Å². The van der Waals surface area contributed by atoms with Crippen molar-refractivity contribution >= 4 is 0 Å². The third kappa shape index (κ3) is 1.87. The summed E-state index contributed by atoms with van der Waals surface area (Å²) in [5, 5.41) is 6.12. The second-order valence-electron chi connectivity index (χ2n) is 1.48. The molecule has 0 atom stereocenters. The minimum Gasteiger partial charge on any atom is -0.365 e. The highest BCUT2D eigenvalue weighted by Crippen LogP contribution is 1.71. The third-order valence-electron chi connectivity index (χ3n) is 0.877. The SMILES string of the molecule is C1COCNCN1. The van der Waals surface area contributed by atoms with Crippen LogP contribution in [0.2, 0.25) is 0 Å². The quantitative estimate of drug-likeness (QED) is 0.416. The molecule has 42 valence electrons. The van der Waals surface area contributed by atoms with Gasteiger partial charge in [-0.25, -0.2) is 0 Å². The summed E-state index contributed by atoms with van der Waals surface area (Å²) in [6.45, 7) is 3.35. The van der Waals surface area contributed by atoms with Gasteiger partial charge in [-0.15, -0.1) is 0 Å². The second kappa shape index (κ2) is 2.96. The molecule has 0 radical (unpaired) electrons. The van der Waals surface area contributed by atoms with Gasteiger partial charge in [0.05, 0.1) is 13.3 Å². The normalized spacial score (nSPS) is 24.0. The van der Waals surface area contributed by atoms with Gasteiger partial charge in [0.25, 0.3) is 0 Å². The van der Waals surface area contributed by atoms with Gasteiger partial charge in [-0.05, 0) is 0 Å². The smallest absolute Gasteiger partial charge is 0.0975 e. The van der Waals surface area contributed by atoms with Crippen LogP contribution in [-0.2, 0) is 4.74 Å². The topological polar surface area (TPSA) is 33.3 Å². The Hall–Kier alpha value is -0.120. The number of hydrogen-bond acceptors (Lipinski definition) is 3. The molecular weight excluding hydrogens is 92.1 g/mol. The van der Waals surface area contributed by atoms with Crippen molar-refractivity contribution in [2.24, 2.45) is 0 Å². The van der Waals surface area contributed by atoms with Gasteiger partial charge in [0.1, 0.15) is 0 Å². The summed E-state index contributed by atoms with van der Waals surface area (Å²) in [6.07, 6.45) is 0. The number of ether oxygens (including phenoxy) is 1. The highest BCUT2D eigenvalue weighted by atomic mass is 16.5. The summed E-state index contributed by atoms with van der Waals surface area (Å²) in [4.78, 5) is 0. The molecule has 1 fully saturated rings. The predicted octanol–water partition coefficient (Wildman–Crippen LogP) is -0.889. The molecule has 0 spiro atoms. The molecule has 1 aliphatic rings. The summed E-state index contributed by atoms with van der Waals surface area (Å²) in [6, 6.07) is 0. The maximum Gasteiger partial charge on any atom is 0.0975 e. The van der Waals surface area contributed by atoms with E-state index in [0.29, 0.717) is 6.73 Å². The maximum absolute atomic E-state index is 5.02. The number of rotatable bonds is 0. The summed E-state index contributed by atoms with van der Waals surface area (Å²) in [7, 11) is 0. The Morgan fingerprint density at radius 3 is 3.29 bits per heavy atom. The number of nitrogens with one attached hydrogen (secondary N) is 2. The van der Waals surface area contributed by atoms with Crippen LogP contribution in [0.15, 0.2) is 0 Å². The molecule has 0 aliphatic carbocycles. The Kier molecular flexibility index (Phi) is 2.12. The monoisotopic (exact) mass is 102 g/mol. The van der Waals surface area contributed by atoms with E-state index in [9.17, 15) is 0 Å². The summed E-state index contributed by atoms with van der Waals surface area (Å²) < 4.78 is 5.02. The lowest BCUT2D eigenvalue weighted by atomic mass is 10.7. The molecule has 1 saturated heterocycles. The van der Waals surface area contributed by atoms with Crippen LogP contribution in [0.5, 0.6) is 0 Å². The van der Waals surface area contributed by atoms with E-state index in [0.717, 1.165) is 19.8 Å². The lowest BCUT2D eigenvalue weighted by Gasteiger charge is -1.93. The first kappa shape index (κ1) is 5.03. The minimum absolute atomic E-state index is 0.688. The van der Waals surface area contributed by atoms with E-state index < -0.39 is 0 Å². The van der Waals surface area contributed by atoms with Crippen LogP contribution < -0.4 is 10.6 Å². The standard InChI is InChI=1S/C4H10N2O/c1-2-7-4-6-3-5-1/h5-6H,1-4H2. The molecule has 3 heteroatoms. The molecule has 3 nitrogen and oxygen atoms in total. The number of hydrogen-bond donors (Lipinski definition) is 2. The highest BCUT2D eigenvalue weighted by molar-refractivity contribution is 4.45. The minimum atomic E-state index is 0.688. The van der Waals surface area contributed by atoms with Gasteiger partial charge in [-0.3, -0.25) is 5.32 Å². The highest BCUT2D eigenvalue weighted by Gasteiger charge is 1.91. The first-order valence-electron chi connectivity index (χ1n) is 2.49. The molecule has 0 saturated carbocycles. The van der Waals surface area contributed by atoms with Crippen LogP contribution in [0.1, 0.15) is 0 Å². The van der Waals surface area contributed by atoms with Crippen molar-refractivity contribution < 1.29 is 4.74 Å². The largest absolute Gasteiger partial charge is 0.365 e. The molecule has 1 rings (SSSR count). The van der Waals surface area contributed by atoms with E-state index in [-0.39, 0.29) is 0 Å². The van der Waals surface area contributed by atoms with E-state index in [2.05, 4.69) is 10.6 Å². The third-order valence-corrected chi connectivity index (χ3v) is 0.877. The molecule has 0 amide bonds. The molecule has 7 heavy (non-hydrogen) atoms. The zero-order valence-corrected chi connectivity index (χ0v) is 4.24. The zero-order chi connectivity index (χ0) is 4.95. The molecular formula is C4H10N2O. The Balaban J connectivity index is 2.04. The molecule has 2 N–H and O–H groups in total. The molecule has 1 aliphatic heterocycles. The first-order chi connectivity index (χ1) is 3.50. The predicted molar refractivity (Wildman–Crippen MR) is 26.8 cm³/mol. The van der Waals surface area contributed by atoms with E-state index in [1.807, 2.05) is 0 Å². The van der Waals surface area contributed by atoms with Crippen molar-refractivity contribution in [3.05, 3.63) is 0 Å². The van der Waals surface area contributed by atoms with Crippen LogP contribution in [0.4, 0.5) is 0 Å². The average molecular weight is 102 g/mol. The van der Waals surface area contributed by atoms with Gasteiger partial charge in [0, 0.05) is 13.2 Å². The lowest BCUT2D eigenvalue weighted by molar-refractivity contribution is 0.138. The van der Waals surface area contributed by atoms with Crippen molar-refractivity contribution in [2.45, 2.75) is 0 Å². The molecule has 0 aromatic heterocycles. The van der Waals surface area contributed by atoms with Crippen molar-refractivity contribution in [3.63, 3.8) is 0 Å². The first-order valence-corrected chi connectivity index (χ1v) is 2.49. The van der Waals surface area contributed by atoms with Gasteiger partial charge in [0.15, 0.2) is 0 Å². The van der Waals surface area contributed by atoms with Crippen LogP contribution in [0.3, 0.4) is 0 Å². The van der Waals surface area contributed by atoms with Gasteiger partial charge in [-0.2, -0.15) is 0 Å². The zero-order valence-electron chi connectivity index (χ0n) is 4.24. The van der Waals surface area contributed by atoms with Crippen LogP contribution in [-0.4, -0.2) is 26.6 Å². The molecule has 0 aromatic rings. The van der Waals surface area contributed by atoms with Gasteiger partial charge in [-0.1, -0.05) is 0 Å². The van der Waals surface area contributed by atoms with Crippen molar-refractivity contribution in [1.29, 1.82) is 0 Å². The van der Waals surface area contributed by atoms with Crippen LogP contribution in [0.25, 0.3) is 0 Å². The van der Waals surface area contributed by atoms with Crippen molar-refractivity contribution in [1.82, 2.24) is 10.6 Å². The average Bonchev–Trinajstić information content (AvgIpc) is 1.90. The molecule has 0 unspecified atom stereocenters. The van der Waals surface area contributed by atoms with Gasteiger partial charge >= 0.3 is 0 Å². The van der Waals surface area contributed by atoms with Crippen LogP contribution in [0, 0.1) is 0 Å². The lowest BCUT2D eigenvalue weighted by Crippen LogP contribution is -2.26. The summed E-state index contributed by atoms with van der Waals surface area (Å²) in [5.41, 5.74) is 0. The molecule has 0 aromatic carbocycles. The summed E-state index contributed by atoms with van der Waals surface area (Å²) in [5.74, 6) is 0. The summed E-state index contributed by atoms with van der Waals surface area (Å²) >= 11 is 0. The van der Waals surface area contributed by atoms with E-state index in [1.54, 1.807) is 0 Å². The molecule has 1 heterocycles. The second-order valence-corrected chi connectivity index (χ2v) is 1.48.